The molecule has 1 atom stereocenters. The quantitative estimate of drug-likeness (QED) is 0.909. The summed E-state index contributed by atoms with van der Waals surface area (Å²) in [7, 11) is 3.27. The first-order valence-corrected chi connectivity index (χ1v) is 6.53. The maximum Gasteiger partial charge on any atom is 0.212 e. The van der Waals surface area contributed by atoms with Crippen molar-refractivity contribution in [3.8, 4) is 11.6 Å². The van der Waals surface area contributed by atoms with E-state index in [1.165, 1.54) is 0 Å². The van der Waals surface area contributed by atoms with Crippen molar-refractivity contribution < 1.29 is 9.47 Å². The predicted octanol–water partition coefficient (Wildman–Crippen LogP) is 2.65. The van der Waals surface area contributed by atoms with Crippen molar-refractivity contribution in [3.63, 3.8) is 0 Å². The maximum atomic E-state index is 6.29. The van der Waals surface area contributed by atoms with Crippen LogP contribution in [0.4, 0.5) is 0 Å². The third-order valence-electron chi connectivity index (χ3n) is 3.34. The zero-order chi connectivity index (χ0) is 14.5. The van der Waals surface area contributed by atoms with E-state index in [4.69, 9.17) is 15.2 Å². The molecule has 0 saturated carbocycles. The second-order valence-corrected chi connectivity index (χ2v) is 4.74. The number of aromatic nitrogens is 1. The van der Waals surface area contributed by atoms with Crippen molar-refractivity contribution in [2.45, 2.75) is 19.4 Å². The molecule has 0 aliphatic heterocycles. The van der Waals surface area contributed by atoms with E-state index >= 15 is 0 Å². The minimum absolute atomic E-state index is 0.0592. The first-order chi connectivity index (χ1) is 9.63. The Balaban J connectivity index is 2.12. The van der Waals surface area contributed by atoms with Gasteiger partial charge < -0.3 is 15.2 Å². The number of pyridine rings is 1. The maximum absolute atomic E-state index is 6.29. The van der Waals surface area contributed by atoms with Gasteiger partial charge in [0.25, 0.3) is 0 Å². The molecular formula is C16H20N2O2. The van der Waals surface area contributed by atoms with Crippen LogP contribution in [0, 0.1) is 6.92 Å². The lowest BCUT2D eigenvalue weighted by atomic mass is 9.96. The van der Waals surface area contributed by atoms with E-state index in [9.17, 15) is 0 Å². The van der Waals surface area contributed by atoms with Crippen molar-refractivity contribution in [1.82, 2.24) is 4.98 Å². The van der Waals surface area contributed by atoms with Gasteiger partial charge in [-0.3, -0.25) is 0 Å². The number of nitrogens with zero attached hydrogens (tertiary/aromatic N) is 1. The highest BCUT2D eigenvalue weighted by molar-refractivity contribution is 5.37. The van der Waals surface area contributed by atoms with Gasteiger partial charge in [0.1, 0.15) is 5.75 Å². The molecule has 0 spiro atoms. The molecule has 0 radical (unpaired) electrons. The van der Waals surface area contributed by atoms with Crippen molar-refractivity contribution >= 4 is 0 Å². The Morgan fingerprint density at radius 2 is 1.95 bits per heavy atom. The smallest absolute Gasteiger partial charge is 0.212 e. The molecule has 2 N–H and O–H groups in total. The van der Waals surface area contributed by atoms with Crippen molar-refractivity contribution in [1.29, 1.82) is 0 Å². The van der Waals surface area contributed by atoms with Crippen LogP contribution in [0.5, 0.6) is 11.6 Å². The summed E-state index contributed by atoms with van der Waals surface area (Å²) < 4.78 is 10.3. The van der Waals surface area contributed by atoms with Crippen molar-refractivity contribution in [2.75, 3.05) is 14.2 Å². The van der Waals surface area contributed by atoms with E-state index in [1.54, 1.807) is 20.4 Å². The summed E-state index contributed by atoms with van der Waals surface area (Å²) in [6, 6.07) is 9.75. The average Bonchev–Trinajstić information content (AvgIpc) is 2.47. The fraction of sp³-hybridized carbons (Fsp3) is 0.312. The summed E-state index contributed by atoms with van der Waals surface area (Å²) in [4.78, 5) is 4.20. The predicted molar refractivity (Wildman–Crippen MR) is 79.2 cm³/mol. The molecular weight excluding hydrogens is 252 g/mol. The molecule has 0 bridgehead atoms. The molecule has 1 aromatic heterocycles. The monoisotopic (exact) mass is 272 g/mol. The third kappa shape index (κ3) is 3.27. The fourth-order valence-corrected chi connectivity index (χ4v) is 2.21. The number of methoxy groups -OCH3 is 2. The van der Waals surface area contributed by atoms with Crippen molar-refractivity contribution in [2.24, 2.45) is 5.73 Å². The second kappa shape index (κ2) is 6.39. The Bertz CT molecular complexity index is 567. The summed E-state index contributed by atoms with van der Waals surface area (Å²) >= 11 is 0. The summed E-state index contributed by atoms with van der Waals surface area (Å²) in [6.45, 7) is 2.05. The average molecular weight is 272 g/mol. The highest BCUT2D eigenvalue weighted by atomic mass is 16.5. The van der Waals surface area contributed by atoms with Gasteiger partial charge in [0.2, 0.25) is 5.88 Å². The molecule has 0 aliphatic carbocycles. The lowest BCUT2D eigenvalue weighted by molar-refractivity contribution is 0.397. The van der Waals surface area contributed by atoms with Gasteiger partial charge in [-0.25, -0.2) is 4.98 Å². The summed E-state index contributed by atoms with van der Waals surface area (Å²) in [5.41, 5.74) is 9.65. The normalized spacial score (nSPS) is 12.0. The lowest BCUT2D eigenvalue weighted by Crippen LogP contribution is -2.14. The SMILES string of the molecule is COc1ccc(C(N)Cc2ccc(OC)nc2)c(C)c1. The Hall–Kier alpha value is -2.07. The highest BCUT2D eigenvalue weighted by Crippen LogP contribution is 2.23. The summed E-state index contributed by atoms with van der Waals surface area (Å²) in [5.74, 6) is 1.47. The van der Waals surface area contributed by atoms with Gasteiger partial charge in [-0.05, 0) is 42.2 Å². The first-order valence-electron chi connectivity index (χ1n) is 6.53. The number of hydrogen-bond donors (Lipinski definition) is 1. The minimum atomic E-state index is -0.0592. The summed E-state index contributed by atoms with van der Waals surface area (Å²) in [6.07, 6.45) is 2.54. The molecule has 1 heterocycles. The molecule has 0 aliphatic rings. The number of nitrogens with two attached hydrogens (primary N) is 1. The molecule has 20 heavy (non-hydrogen) atoms. The fourth-order valence-electron chi connectivity index (χ4n) is 2.21. The number of ether oxygens (including phenoxy) is 2. The zero-order valence-corrected chi connectivity index (χ0v) is 12.1. The van der Waals surface area contributed by atoms with Gasteiger partial charge in [0.15, 0.2) is 0 Å². The van der Waals surface area contributed by atoms with Crippen LogP contribution >= 0.6 is 0 Å². The molecule has 0 amide bonds. The van der Waals surface area contributed by atoms with E-state index in [0.717, 1.165) is 28.9 Å². The molecule has 2 rings (SSSR count). The van der Waals surface area contributed by atoms with Gasteiger partial charge in [-0.2, -0.15) is 0 Å². The Kier molecular flexibility index (Phi) is 4.58. The van der Waals surface area contributed by atoms with Gasteiger partial charge in [0, 0.05) is 18.3 Å². The van der Waals surface area contributed by atoms with Crippen LogP contribution < -0.4 is 15.2 Å². The molecule has 0 fully saturated rings. The van der Waals surface area contributed by atoms with Crippen LogP contribution in [0.25, 0.3) is 0 Å². The zero-order valence-electron chi connectivity index (χ0n) is 12.1. The van der Waals surface area contributed by atoms with Gasteiger partial charge >= 0.3 is 0 Å². The Morgan fingerprint density at radius 1 is 1.15 bits per heavy atom. The Morgan fingerprint density at radius 3 is 2.50 bits per heavy atom. The topological polar surface area (TPSA) is 57.4 Å². The van der Waals surface area contributed by atoms with Gasteiger partial charge in [0.05, 0.1) is 14.2 Å². The van der Waals surface area contributed by atoms with E-state index in [0.29, 0.717) is 5.88 Å². The molecule has 1 unspecified atom stereocenters. The summed E-state index contributed by atoms with van der Waals surface area (Å²) in [5, 5.41) is 0. The van der Waals surface area contributed by atoms with Crippen LogP contribution in [0.15, 0.2) is 36.5 Å². The highest BCUT2D eigenvalue weighted by Gasteiger charge is 2.11. The van der Waals surface area contributed by atoms with Gasteiger partial charge in [-0.15, -0.1) is 0 Å². The van der Waals surface area contributed by atoms with E-state index < -0.39 is 0 Å². The van der Waals surface area contributed by atoms with Crippen LogP contribution in [-0.4, -0.2) is 19.2 Å². The number of benzene rings is 1. The van der Waals surface area contributed by atoms with Gasteiger partial charge in [-0.1, -0.05) is 12.1 Å². The second-order valence-electron chi connectivity index (χ2n) is 4.74. The Labute approximate surface area is 119 Å². The van der Waals surface area contributed by atoms with Crippen LogP contribution in [-0.2, 0) is 6.42 Å². The molecule has 2 aromatic rings. The minimum Gasteiger partial charge on any atom is -0.497 e. The molecule has 0 saturated heterocycles. The van der Waals surface area contributed by atoms with Crippen molar-refractivity contribution in [3.05, 3.63) is 53.2 Å². The van der Waals surface area contributed by atoms with E-state index in [1.807, 2.05) is 37.3 Å². The number of rotatable bonds is 5. The lowest BCUT2D eigenvalue weighted by Gasteiger charge is -2.15. The largest absolute Gasteiger partial charge is 0.497 e. The molecule has 4 heteroatoms. The number of aryl methyl sites for hydroxylation is 1. The molecule has 106 valence electrons. The standard InChI is InChI=1S/C16H20N2O2/c1-11-8-13(19-2)5-6-14(11)15(17)9-12-4-7-16(20-3)18-10-12/h4-8,10,15H,9,17H2,1-3H3. The van der Waals surface area contributed by atoms with E-state index in [-0.39, 0.29) is 6.04 Å². The van der Waals surface area contributed by atoms with Crippen LogP contribution in [0.3, 0.4) is 0 Å². The third-order valence-corrected chi connectivity index (χ3v) is 3.34. The first kappa shape index (κ1) is 14.3. The molecule has 1 aromatic carbocycles. The molecule has 4 nitrogen and oxygen atoms in total. The van der Waals surface area contributed by atoms with Crippen LogP contribution in [0.2, 0.25) is 0 Å². The van der Waals surface area contributed by atoms with Crippen LogP contribution in [0.1, 0.15) is 22.7 Å². The number of hydrogen-bond acceptors (Lipinski definition) is 4. The van der Waals surface area contributed by atoms with E-state index in [2.05, 4.69) is 4.98 Å².